The van der Waals surface area contributed by atoms with Crippen molar-refractivity contribution in [1.29, 1.82) is 0 Å². The van der Waals surface area contributed by atoms with Gasteiger partial charge >= 0.3 is 0 Å². The Bertz CT molecular complexity index is 631. The van der Waals surface area contributed by atoms with E-state index in [0.717, 1.165) is 0 Å². The highest BCUT2D eigenvalue weighted by Crippen LogP contribution is 2.27. The van der Waals surface area contributed by atoms with Crippen molar-refractivity contribution in [2.45, 2.75) is 37.5 Å². The topological polar surface area (TPSA) is 156 Å². The van der Waals surface area contributed by atoms with Crippen LogP contribution in [0.3, 0.4) is 0 Å². The molecule has 11 heteroatoms. The summed E-state index contributed by atoms with van der Waals surface area (Å²) >= 11 is 0. The summed E-state index contributed by atoms with van der Waals surface area (Å²) in [7, 11) is 0. The molecular formula is C12H15N5O6. The number of nitrogens with zero attached hydrogens (tertiary/aromatic N) is 4. The average Bonchev–Trinajstić information content (AvgIpc) is 3.01. The summed E-state index contributed by atoms with van der Waals surface area (Å²) in [5.74, 6) is -1.14. The van der Waals surface area contributed by atoms with E-state index in [4.69, 9.17) is 9.84 Å². The summed E-state index contributed by atoms with van der Waals surface area (Å²) in [5, 5.41) is 31.3. The van der Waals surface area contributed by atoms with Crippen molar-refractivity contribution < 1.29 is 29.6 Å². The van der Waals surface area contributed by atoms with Crippen LogP contribution < -0.4 is 5.32 Å². The lowest BCUT2D eigenvalue weighted by Crippen LogP contribution is -2.49. The molecule has 1 saturated heterocycles. The van der Waals surface area contributed by atoms with Crippen molar-refractivity contribution in [1.82, 2.24) is 10.2 Å². The minimum absolute atomic E-state index is 0.114. The molecule has 23 heavy (non-hydrogen) atoms. The molecular weight excluding hydrogens is 310 g/mol. The molecule has 3 rings (SSSR count). The Morgan fingerprint density at radius 2 is 2.13 bits per heavy atom. The fourth-order valence-corrected chi connectivity index (χ4v) is 2.52. The third-order valence-corrected chi connectivity index (χ3v) is 3.60. The maximum atomic E-state index is 11.9. The maximum absolute atomic E-state index is 11.9. The Labute approximate surface area is 130 Å². The number of hydrogen-bond donors (Lipinski definition) is 4. The summed E-state index contributed by atoms with van der Waals surface area (Å²) in [6, 6.07) is -0.992. The van der Waals surface area contributed by atoms with Gasteiger partial charge in [-0.05, 0) is 0 Å². The van der Waals surface area contributed by atoms with Gasteiger partial charge in [0, 0.05) is 6.92 Å². The van der Waals surface area contributed by atoms with Crippen molar-refractivity contribution in [3.05, 3.63) is 0 Å². The fraction of sp³-hybridized carbons (Fsp3) is 0.583. The summed E-state index contributed by atoms with van der Waals surface area (Å²) in [4.78, 5) is 35.9. The lowest BCUT2D eigenvalue weighted by atomic mass is 10.1. The van der Waals surface area contributed by atoms with Crippen molar-refractivity contribution in [3.8, 4) is 0 Å². The summed E-state index contributed by atoms with van der Waals surface area (Å²) in [5.41, 5.74) is 0. The normalized spacial score (nSPS) is 35.9. The van der Waals surface area contributed by atoms with E-state index in [1.54, 1.807) is 0 Å². The Hall–Kier alpha value is -2.21. The van der Waals surface area contributed by atoms with Gasteiger partial charge in [-0.15, -0.1) is 0 Å². The second-order valence-corrected chi connectivity index (χ2v) is 5.23. The second-order valence-electron chi connectivity index (χ2n) is 5.23. The minimum Gasteiger partial charge on any atom is -0.394 e. The molecule has 0 aliphatic carbocycles. The molecule has 1 fully saturated rings. The van der Waals surface area contributed by atoms with E-state index in [1.165, 1.54) is 18.2 Å². The van der Waals surface area contributed by atoms with E-state index in [0.29, 0.717) is 0 Å². The number of amidine groups is 1. The Kier molecular flexibility index (Phi) is 3.93. The van der Waals surface area contributed by atoms with Crippen molar-refractivity contribution in [2.24, 2.45) is 15.0 Å². The highest BCUT2D eigenvalue weighted by atomic mass is 16.6. The zero-order chi connectivity index (χ0) is 16.7. The predicted octanol–water partition coefficient (Wildman–Crippen LogP) is -3.43. The highest BCUT2D eigenvalue weighted by molar-refractivity contribution is 6.23. The number of hydrogen-bond acceptors (Lipinski definition) is 9. The molecule has 0 aromatic heterocycles. The molecule has 0 aromatic rings. The molecule has 3 aliphatic rings. The Morgan fingerprint density at radius 3 is 2.74 bits per heavy atom. The van der Waals surface area contributed by atoms with Gasteiger partial charge in [-0.2, -0.15) is 9.98 Å². The van der Waals surface area contributed by atoms with Gasteiger partial charge in [0.15, 0.2) is 18.1 Å². The standard InChI is InChI=1S/C12H15N5O6/c1-4(19)14-12-15-9-6(10(22)16-12)13-3-17(9)11-8(21)7(20)5(2-18)23-11/h3,5-8,11,18,20-21H,2H2,1H3,(H,14,16,19,22)/t5-,6?,7-,8-,11-/m1/s1. The van der Waals surface area contributed by atoms with E-state index >= 15 is 0 Å². The van der Waals surface area contributed by atoms with Gasteiger partial charge in [0.25, 0.3) is 5.91 Å². The van der Waals surface area contributed by atoms with Gasteiger partial charge < -0.3 is 20.1 Å². The quantitative estimate of drug-likeness (QED) is 0.411. The summed E-state index contributed by atoms with van der Waals surface area (Å²) in [6.07, 6.45) is -3.42. The average molecular weight is 325 g/mol. The first-order chi connectivity index (χ1) is 10.9. The molecule has 0 aromatic carbocycles. The van der Waals surface area contributed by atoms with Crippen LogP contribution in [0.1, 0.15) is 6.92 Å². The monoisotopic (exact) mass is 325 g/mol. The van der Waals surface area contributed by atoms with Crippen LogP contribution in [0.2, 0.25) is 0 Å². The maximum Gasteiger partial charge on any atom is 0.281 e. The summed E-state index contributed by atoms with van der Waals surface area (Å²) < 4.78 is 5.38. The molecule has 4 N–H and O–H groups in total. The van der Waals surface area contributed by atoms with E-state index < -0.39 is 49.0 Å². The molecule has 0 spiro atoms. The van der Waals surface area contributed by atoms with Gasteiger partial charge in [-0.25, -0.2) is 0 Å². The van der Waals surface area contributed by atoms with Gasteiger partial charge in [-0.3, -0.25) is 24.8 Å². The van der Waals surface area contributed by atoms with Crippen LogP contribution in [-0.4, -0.2) is 87.4 Å². The van der Waals surface area contributed by atoms with E-state index in [1.807, 2.05) is 0 Å². The number of nitrogens with one attached hydrogen (secondary N) is 1. The Balaban J connectivity index is 1.86. The first kappa shape index (κ1) is 15.7. The molecule has 0 saturated carbocycles. The number of aliphatic hydroxyl groups excluding tert-OH is 3. The van der Waals surface area contributed by atoms with Gasteiger partial charge in [0.1, 0.15) is 18.3 Å². The largest absolute Gasteiger partial charge is 0.394 e. The van der Waals surface area contributed by atoms with Crippen LogP contribution >= 0.6 is 0 Å². The van der Waals surface area contributed by atoms with Gasteiger partial charge in [-0.1, -0.05) is 0 Å². The second kappa shape index (κ2) is 5.77. The lowest BCUT2D eigenvalue weighted by Gasteiger charge is -2.27. The van der Waals surface area contributed by atoms with Crippen LogP contribution in [0.4, 0.5) is 0 Å². The fourth-order valence-electron chi connectivity index (χ4n) is 2.52. The number of carbonyl (C=O) groups excluding carboxylic acids is 2. The summed E-state index contributed by atoms with van der Waals surface area (Å²) in [6.45, 7) is 0.765. The number of aliphatic hydroxyl groups is 3. The number of aliphatic imine (C=N–C) groups is 3. The van der Waals surface area contributed by atoms with E-state index in [-0.39, 0.29) is 11.8 Å². The third-order valence-electron chi connectivity index (χ3n) is 3.60. The van der Waals surface area contributed by atoms with Crippen LogP contribution in [0, 0.1) is 0 Å². The molecule has 124 valence electrons. The number of ether oxygens (including phenoxy) is 1. The zero-order valence-electron chi connectivity index (χ0n) is 12.0. The van der Waals surface area contributed by atoms with Gasteiger partial charge in [0.05, 0.1) is 12.9 Å². The van der Waals surface area contributed by atoms with Gasteiger partial charge in [0.2, 0.25) is 11.9 Å². The smallest absolute Gasteiger partial charge is 0.281 e. The van der Waals surface area contributed by atoms with Crippen LogP contribution in [0.25, 0.3) is 0 Å². The predicted molar refractivity (Wildman–Crippen MR) is 75.6 cm³/mol. The lowest BCUT2D eigenvalue weighted by molar-refractivity contribution is -0.117. The van der Waals surface area contributed by atoms with Crippen molar-refractivity contribution in [3.63, 3.8) is 0 Å². The number of carbonyl (C=O) groups is 2. The third kappa shape index (κ3) is 2.63. The number of amides is 2. The molecule has 2 amide bonds. The molecule has 0 radical (unpaired) electrons. The van der Waals surface area contributed by atoms with E-state index in [9.17, 15) is 19.8 Å². The molecule has 3 aliphatic heterocycles. The molecule has 5 atom stereocenters. The highest BCUT2D eigenvalue weighted by Gasteiger charge is 2.49. The zero-order valence-corrected chi connectivity index (χ0v) is 12.0. The van der Waals surface area contributed by atoms with Crippen LogP contribution in [0.15, 0.2) is 15.0 Å². The molecule has 0 bridgehead atoms. The number of rotatable bonds is 2. The van der Waals surface area contributed by atoms with Crippen LogP contribution in [-0.2, 0) is 14.3 Å². The van der Waals surface area contributed by atoms with E-state index in [2.05, 4.69) is 20.3 Å². The Morgan fingerprint density at radius 1 is 1.39 bits per heavy atom. The molecule has 1 unspecified atom stereocenters. The van der Waals surface area contributed by atoms with Crippen molar-refractivity contribution in [2.75, 3.05) is 6.61 Å². The first-order valence-corrected chi connectivity index (χ1v) is 6.85. The minimum atomic E-state index is -1.33. The van der Waals surface area contributed by atoms with Crippen molar-refractivity contribution >= 4 is 29.9 Å². The number of fused-ring (bicyclic) bond motifs is 1. The first-order valence-electron chi connectivity index (χ1n) is 6.85. The van der Waals surface area contributed by atoms with Crippen LogP contribution in [0.5, 0.6) is 0 Å². The molecule has 3 heterocycles. The number of guanidine groups is 1. The molecule has 11 nitrogen and oxygen atoms in total. The SMILES string of the molecule is CC(=O)NC1=NC(=O)C2N=CN([C@@H]3O[C@H](CO)[C@@H](O)[C@H]3O)C2=N1.